The summed E-state index contributed by atoms with van der Waals surface area (Å²) in [6.07, 6.45) is 2.30. The Labute approximate surface area is 148 Å². The summed E-state index contributed by atoms with van der Waals surface area (Å²) in [4.78, 5) is 25.9. The number of nitrogens with zero attached hydrogens (tertiary/aromatic N) is 1. The van der Waals surface area contributed by atoms with Crippen LogP contribution in [0.15, 0.2) is 24.3 Å². The third-order valence-electron chi connectivity index (χ3n) is 5.27. The number of hydrogen-bond donors (Lipinski definition) is 2. The fourth-order valence-corrected chi connectivity index (χ4v) is 3.46. The van der Waals surface area contributed by atoms with Gasteiger partial charge in [-0.05, 0) is 43.1 Å². The highest BCUT2D eigenvalue weighted by atomic mass is 16.6. The molecule has 2 aliphatic rings. The second-order valence-corrected chi connectivity index (χ2v) is 7.14. The molecule has 6 heteroatoms. The van der Waals surface area contributed by atoms with Gasteiger partial charge in [-0.1, -0.05) is 26.0 Å². The Morgan fingerprint density at radius 1 is 1.32 bits per heavy atom. The molecule has 1 unspecified atom stereocenters. The second kappa shape index (κ2) is 7.44. The Morgan fingerprint density at radius 3 is 2.64 bits per heavy atom. The molecule has 2 fully saturated rings. The average Bonchev–Trinajstić information content (AvgIpc) is 2.90. The average molecular weight is 345 g/mol. The molecule has 2 N–H and O–H groups in total. The molecule has 25 heavy (non-hydrogen) atoms. The van der Waals surface area contributed by atoms with E-state index in [1.807, 2.05) is 24.3 Å². The van der Waals surface area contributed by atoms with Crippen molar-refractivity contribution in [3.63, 3.8) is 0 Å². The van der Waals surface area contributed by atoms with E-state index >= 15 is 0 Å². The monoisotopic (exact) mass is 345 g/mol. The lowest BCUT2D eigenvalue weighted by atomic mass is 9.92. The van der Waals surface area contributed by atoms with E-state index in [0.29, 0.717) is 12.5 Å². The van der Waals surface area contributed by atoms with Gasteiger partial charge in [-0.3, -0.25) is 9.69 Å². The molecule has 1 spiro atoms. The van der Waals surface area contributed by atoms with E-state index in [-0.39, 0.29) is 18.5 Å². The largest absolute Gasteiger partial charge is 0.441 e. The van der Waals surface area contributed by atoms with Crippen LogP contribution in [0.3, 0.4) is 0 Å². The molecule has 136 valence electrons. The normalized spacial score (nSPS) is 20.4. The van der Waals surface area contributed by atoms with E-state index in [9.17, 15) is 9.59 Å². The minimum Gasteiger partial charge on any atom is -0.441 e. The Morgan fingerprint density at radius 2 is 2.00 bits per heavy atom. The predicted octanol–water partition coefficient (Wildman–Crippen LogP) is 2.71. The summed E-state index contributed by atoms with van der Waals surface area (Å²) < 4.78 is 5.57. The van der Waals surface area contributed by atoms with Crippen LogP contribution in [0.4, 0.5) is 10.5 Å². The molecule has 6 nitrogen and oxygen atoms in total. The number of ether oxygens (including phenoxy) is 1. The first-order chi connectivity index (χ1) is 12.0. The number of benzene rings is 1. The maximum absolute atomic E-state index is 12.3. The molecule has 0 bridgehead atoms. The molecule has 0 radical (unpaired) electrons. The minimum atomic E-state index is -0.416. The second-order valence-electron chi connectivity index (χ2n) is 7.14. The molecule has 0 saturated carbocycles. The number of anilines is 1. The third kappa shape index (κ3) is 4.12. The van der Waals surface area contributed by atoms with Crippen molar-refractivity contribution in [3.05, 3.63) is 29.8 Å². The number of nitrogens with one attached hydrogen (secondary N) is 2. The van der Waals surface area contributed by atoms with E-state index < -0.39 is 5.60 Å². The van der Waals surface area contributed by atoms with Crippen LogP contribution in [0.25, 0.3) is 0 Å². The van der Waals surface area contributed by atoms with Crippen molar-refractivity contribution in [2.24, 2.45) is 0 Å². The van der Waals surface area contributed by atoms with Gasteiger partial charge in [-0.15, -0.1) is 0 Å². The molecule has 3 rings (SSSR count). The van der Waals surface area contributed by atoms with Gasteiger partial charge in [-0.25, -0.2) is 4.79 Å². The minimum absolute atomic E-state index is 0.0289. The lowest BCUT2D eigenvalue weighted by Crippen LogP contribution is -2.45. The quantitative estimate of drug-likeness (QED) is 0.861. The van der Waals surface area contributed by atoms with Gasteiger partial charge in [0.1, 0.15) is 12.1 Å². The van der Waals surface area contributed by atoms with E-state index in [4.69, 9.17) is 4.74 Å². The number of piperidine rings is 1. The first-order valence-corrected chi connectivity index (χ1v) is 9.10. The van der Waals surface area contributed by atoms with Crippen molar-refractivity contribution in [1.29, 1.82) is 0 Å². The predicted molar refractivity (Wildman–Crippen MR) is 96.7 cm³/mol. The van der Waals surface area contributed by atoms with Gasteiger partial charge in [0.05, 0.1) is 6.54 Å². The highest BCUT2D eigenvalue weighted by molar-refractivity contribution is 5.94. The van der Waals surface area contributed by atoms with Crippen LogP contribution >= 0.6 is 0 Å². The zero-order chi connectivity index (χ0) is 17.9. The number of rotatable bonds is 5. The number of carbonyl (C=O) groups is 2. The highest BCUT2D eigenvalue weighted by Crippen LogP contribution is 2.31. The van der Waals surface area contributed by atoms with Gasteiger partial charge in [-0.2, -0.15) is 0 Å². The first kappa shape index (κ1) is 17.7. The molecular formula is C19H27N3O3. The Kier molecular flexibility index (Phi) is 5.27. The topological polar surface area (TPSA) is 70.7 Å². The summed E-state index contributed by atoms with van der Waals surface area (Å²) in [6.45, 7) is 6.55. The Bertz CT molecular complexity index is 623. The molecule has 2 amide bonds. The van der Waals surface area contributed by atoms with Crippen molar-refractivity contribution < 1.29 is 14.3 Å². The Hall–Kier alpha value is -2.08. The molecular weight excluding hydrogens is 318 g/mol. The van der Waals surface area contributed by atoms with Crippen LogP contribution in [0.2, 0.25) is 0 Å². The third-order valence-corrected chi connectivity index (χ3v) is 5.27. The lowest BCUT2D eigenvalue weighted by Gasteiger charge is -2.31. The van der Waals surface area contributed by atoms with Crippen molar-refractivity contribution in [2.45, 2.75) is 44.6 Å². The molecule has 2 heterocycles. The van der Waals surface area contributed by atoms with E-state index in [2.05, 4.69) is 24.5 Å². The van der Waals surface area contributed by atoms with Crippen LogP contribution in [0.1, 0.15) is 44.6 Å². The van der Waals surface area contributed by atoms with Gasteiger partial charge in [0.2, 0.25) is 5.91 Å². The maximum Gasteiger partial charge on any atom is 0.410 e. The summed E-state index contributed by atoms with van der Waals surface area (Å²) in [5, 5.41) is 6.13. The highest BCUT2D eigenvalue weighted by Gasteiger charge is 2.46. The summed E-state index contributed by atoms with van der Waals surface area (Å²) in [7, 11) is 0. The summed E-state index contributed by atoms with van der Waals surface area (Å²) in [5.74, 6) is 0.310. The van der Waals surface area contributed by atoms with Crippen LogP contribution in [0.5, 0.6) is 0 Å². The van der Waals surface area contributed by atoms with Crippen LogP contribution in [-0.4, -0.2) is 48.7 Å². The van der Waals surface area contributed by atoms with Gasteiger partial charge in [0, 0.05) is 18.5 Å². The maximum atomic E-state index is 12.3. The number of amides is 2. The molecule has 0 aliphatic carbocycles. The zero-order valence-corrected chi connectivity index (χ0v) is 15.0. The fourth-order valence-electron chi connectivity index (χ4n) is 3.46. The number of carbonyl (C=O) groups excluding carboxylic acids is 2. The Balaban J connectivity index is 1.55. The molecule has 1 atom stereocenters. The smallest absolute Gasteiger partial charge is 0.410 e. The molecule has 1 aromatic carbocycles. The lowest BCUT2D eigenvalue weighted by molar-refractivity contribution is -0.116. The van der Waals surface area contributed by atoms with Crippen molar-refractivity contribution >= 4 is 17.7 Å². The summed E-state index contributed by atoms with van der Waals surface area (Å²) in [5.41, 5.74) is 1.60. The van der Waals surface area contributed by atoms with Crippen LogP contribution < -0.4 is 10.6 Å². The molecule has 2 aliphatic heterocycles. The molecule has 0 aromatic heterocycles. The fraction of sp³-hybridized carbons (Fsp3) is 0.579. The number of hydrogen-bond acceptors (Lipinski definition) is 4. The summed E-state index contributed by atoms with van der Waals surface area (Å²) in [6, 6.07) is 7.90. The standard InChI is InChI=1S/C19H27N3O3/c1-3-14(2)15-4-6-16(7-5-15)21-17(23)12-22-13-19(25-18(22)24)8-10-20-11-9-19/h4-7,14,20H,3,8-13H2,1-2H3,(H,21,23). The van der Waals surface area contributed by atoms with Crippen molar-refractivity contribution in [3.8, 4) is 0 Å². The first-order valence-electron chi connectivity index (χ1n) is 9.10. The van der Waals surface area contributed by atoms with Gasteiger partial charge in [0.25, 0.3) is 0 Å². The van der Waals surface area contributed by atoms with E-state index in [1.54, 1.807) is 0 Å². The van der Waals surface area contributed by atoms with Crippen molar-refractivity contribution in [1.82, 2.24) is 10.2 Å². The SMILES string of the molecule is CCC(C)c1ccc(NC(=O)CN2CC3(CCNCC3)OC2=O)cc1. The van der Waals surface area contributed by atoms with Crippen molar-refractivity contribution in [2.75, 3.05) is 31.5 Å². The van der Waals surface area contributed by atoms with Gasteiger partial charge in [0.15, 0.2) is 0 Å². The van der Waals surface area contributed by atoms with E-state index in [1.165, 1.54) is 10.5 Å². The molecule has 1 aromatic rings. The molecule has 2 saturated heterocycles. The van der Waals surface area contributed by atoms with E-state index in [0.717, 1.165) is 38.0 Å². The summed E-state index contributed by atoms with van der Waals surface area (Å²) >= 11 is 0. The van der Waals surface area contributed by atoms with Crippen LogP contribution in [-0.2, 0) is 9.53 Å². The zero-order valence-electron chi connectivity index (χ0n) is 15.0. The van der Waals surface area contributed by atoms with Crippen LogP contribution in [0, 0.1) is 0 Å². The van der Waals surface area contributed by atoms with Gasteiger partial charge < -0.3 is 15.4 Å². The van der Waals surface area contributed by atoms with Gasteiger partial charge >= 0.3 is 6.09 Å².